The average molecular weight is 286 g/mol. The first-order valence-electron chi connectivity index (χ1n) is 6.87. The Balaban J connectivity index is 1.69. The lowest BCUT2D eigenvalue weighted by molar-refractivity contribution is 0.170. The number of hydrogen-bond acceptors (Lipinski definition) is 5. The van der Waals surface area contributed by atoms with E-state index in [1.807, 2.05) is 42.5 Å². The van der Waals surface area contributed by atoms with Crippen molar-refractivity contribution in [2.75, 3.05) is 25.7 Å². The normalized spacial score (nSPS) is 12.8. The van der Waals surface area contributed by atoms with E-state index in [0.29, 0.717) is 19.8 Å². The topological polar surface area (TPSA) is 51.8 Å². The number of para-hydroxylation sites is 1. The van der Waals surface area contributed by atoms with Crippen LogP contribution in [0.1, 0.15) is 5.56 Å². The summed E-state index contributed by atoms with van der Waals surface area (Å²) in [5.74, 6) is 2.28. The van der Waals surface area contributed by atoms with Gasteiger partial charge in [-0.2, -0.15) is 0 Å². The van der Waals surface area contributed by atoms with Crippen LogP contribution in [-0.4, -0.2) is 20.3 Å². The molecule has 0 bridgehead atoms. The molecule has 2 aromatic carbocycles. The van der Waals surface area contributed by atoms with E-state index in [1.165, 1.54) is 0 Å². The standard InChI is InChI=1S/C16H18N2O3/c1-19-14-10-16-15(20-7-8-21-16)9-12(14)11-17-18-13-5-3-2-4-6-13/h2-6,9-10,17-18H,7-8,11H2,1H3. The molecule has 5 heteroatoms. The fourth-order valence-electron chi connectivity index (χ4n) is 2.20. The highest BCUT2D eigenvalue weighted by Crippen LogP contribution is 2.36. The second-order valence-corrected chi connectivity index (χ2v) is 4.65. The Kier molecular flexibility index (Phi) is 4.12. The van der Waals surface area contributed by atoms with Crippen molar-refractivity contribution in [1.29, 1.82) is 0 Å². The van der Waals surface area contributed by atoms with Crippen LogP contribution < -0.4 is 25.1 Å². The van der Waals surface area contributed by atoms with Crippen molar-refractivity contribution in [3.63, 3.8) is 0 Å². The fraction of sp³-hybridized carbons (Fsp3) is 0.250. The van der Waals surface area contributed by atoms with Crippen LogP contribution in [0.5, 0.6) is 17.2 Å². The van der Waals surface area contributed by atoms with E-state index < -0.39 is 0 Å². The highest BCUT2D eigenvalue weighted by atomic mass is 16.6. The highest BCUT2D eigenvalue weighted by Gasteiger charge is 2.16. The Morgan fingerprint density at radius 1 is 1.05 bits per heavy atom. The van der Waals surface area contributed by atoms with Gasteiger partial charge in [-0.3, -0.25) is 0 Å². The van der Waals surface area contributed by atoms with Crippen molar-refractivity contribution in [2.24, 2.45) is 0 Å². The van der Waals surface area contributed by atoms with Gasteiger partial charge in [0.05, 0.1) is 7.11 Å². The Labute approximate surface area is 123 Å². The summed E-state index contributed by atoms with van der Waals surface area (Å²) >= 11 is 0. The number of fused-ring (bicyclic) bond motifs is 1. The number of hydrogen-bond donors (Lipinski definition) is 2. The van der Waals surface area contributed by atoms with Crippen LogP contribution in [0.3, 0.4) is 0 Å². The first kappa shape index (κ1) is 13.6. The van der Waals surface area contributed by atoms with Crippen molar-refractivity contribution in [3.05, 3.63) is 48.0 Å². The van der Waals surface area contributed by atoms with Gasteiger partial charge in [-0.15, -0.1) is 0 Å². The minimum atomic E-state index is 0.573. The minimum Gasteiger partial charge on any atom is -0.496 e. The van der Waals surface area contributed by atoms with Crippen LogP contribution in [0, 0.1) is 0 Å². The quantitative estimate of drug-likeness (QED) is 0.827. The third-order valence-electron chi connectivity index (χ3n) is 3.23. The number of methoxy groups -OCH3 is 1. The largest absolute Gasteiger partial charge is 0.496 e. The molecular formula is C16H18N2O3. The van der Waals surface area contributed by atoms with Gasteiger partial charge >= 0.3 is 0 Å². The smallest absolute Gasteiger partial charge is 0.165 e. The number of nitrogens with one attached hydrogen (secondary N) is 2. The molecule has 1 heterocycles. The summed E-state index contributed by atoms with van der Waals surface area (Å²) in [4.78, 5) is 0. The third-order valence-corrected chi connectivity index (χ3v) is 3.23. The average Bonchev–Trinajstić information content (AvgIpc) is 2.55. The van der Waals surface area contributed by atoms with E-state index in [1.54, 1.807) is 7.11 Å². The van der Waals surface area contributed by atoms with E-state index in [2.05, 4.69) is 10.9 Å². The first-order valence-corrected chi connectivity index (χ1v) is 6.87. The second kappa shape index (κ2) is 6.37. The van der Waals surface area contributed by atoms with E-state index >= 15 is 0 Å². The number of ether oxygens (including phenoxy) is 3. The molecule has 3 rings (SSSR count). The molecule has 0 aliphatic carbocycles. The Hall–Kier alpha value is -2.40. The van der Waals surface area contributed by atoms with Crippen LogP contribution in [0.2, 0.25) is 0 Å². The molecule has 0 saturated heterocycles. The third kappa shape index (κ3) is 3.20. The summed E-state index contributed by atoms with van der Waals surface area (Å²) < 4.78 is 16.6. The number of anilines is 1. The van der Waals surface area contributed by atoms with Gasteiger partial charge in [-0.1, -0.05) is 18.2 Å². The Morgan fingerprint density at radius 3 is 2.48 bits per heavy atom. The number of benzene rings is 2. The minimum absolute atomic E-state index is 0.573. The molecule has 0 fully saturated rings. The number of hydrazine groups is 1. The van der Waals surface area contributed by atoms with E-state index in [9.17, 15) is 0 Å². The van der Waals surface area contributed by atoms with Gasteiger partial charge in [0, 0.05) is 23.9 Å². The molecular weight excluding hydrogens is 268 g/mol. The molecule has 0 radical (unpaired) electrons. The molecule has 0 saturated carbocycles. The summed E-state index contributed by atoms with van der Waals surface area (Å²) in [6.07, 6.45) is 0. The molecule has 2 aromatic rings. The zero-order valence-electron chi connectivity index (χ0n) is 11.9. The van der Waals surface area contributed by atoms with Crippen molar-refractivity contribution < 1.29 is 14.2 Å². The van der Waals surface area contributed by atoms with E-state index in [-0.39, 0.29) is 0 Å². The van der Waals surface area contributed by atoms with Gasteiger partial charge in [0.1, 0.15) is 19.0 Å². The maximum Gasteiger partial charge on any atom is 0.165 e. The van der Waals surface area contributed by atoms with Gasteiger partial charge in [-0.05, 0) is 18.2 Å². The summed E-state index contributed by atoms with van der Waals surface area (Å²) in [6, 6.07) is 13.8. The zero-order valence-corrected chi connectivity index (χ0v) is 11.9. The summed E-state index contributed by atoms with van der Waals surface area (Å²) in [6.45, 7) is 1.76. The van der Waals surface area contributed by atoms with Crippen LogP contribution in [0.4, 0.5) is 5.69 Å². The van der Waals surface area contributed by atoms with Crippen LogP contribution in [0.25, 0.3) is 0 Å². The Bertz CT molecular complexity index is 602. The lowest BCUT2D eigenvalue weighted by Gasteiger charge is -2.21. The summed E-state index contributed by atoms with van der Waals surface area (Å²) in [5, 5.41) is 0. The first-order chi connectivity index (χ1) is 10.4. The van der Waals surface area contributed by atoms with Gasteiger partial charge in [0.2, 0.25) is 0 Å². The molecule has 0 spiro atoms. The SMILES string of the molecule is COc1cc2c(cc1CNNc1ccccc1)OCCO2. The van der Waals surface area contributed by atoms with Gasteiger partial charge < -0.3 is 19.6 Å². The maximum atomic E-state index is 5.60. The van der Waals surface area contributed by atoms with Gasteiger partial charge in [0.15, 0.2) is 11.5 Å². The zero-order chi connectivity index (χ0) is 14.5. The monoisotopic (exact) mass is 286 g/mol. The van der Waals surface area contributed by atoms with Crippen molar-refractivity contribution in [1.82, 2.24) is 5.43 Å². The highest BCUT2D eigenvalue weighted by molar-refractivity contribution is 5.51. The summed E-state index contributed by atoms with van der Waals surface area (Å²) in [5.41, 5.74) is 8.33. The van der Waals surface area contributed by atoms with E-state index in [0.717, 1.165) is 28.5 Å². The molecule has 2 N–H and O–H groups in total. The molecule has 110 valence electrons. The van der Waals surface area contributed by atoms with Crippen LogP contribution in [-0.2, 0) is 6.54 Å². The molecule has 0 atom stereocenters. The van der Waals surface area contributed by atoms with Gasteiger partial charge in [0.25, 0.3) is 0 Å². The molecule has 1 aliphatic rings. The van der Waals surface area contributed by atoms with Crippen molar-refractivity contribution in [2.45, 2.75) is 6.54 Å². The van der Waals surface area contributed by atoms with Crippen molar-refractivity contribution in [3.8, 4) is 17.2 Å². The number of rotatable bonds is 5. The molecule has 1 aliphatic heterocycles. The van der Waals surface area contributed by atoms with Crippen LogP contribution in [0.15, 0.2) is 42.5 Å². The predicted octanol–water partition coefficient (Wildman–Crippen LogP) is 2.58. The molecule has 5 nitrogen and oxygen atoms in total. The van der Waals surface area contributed by atoms with Gasteiger partial charge in [-0.25, -0.2) is 5.43 Å². The molecule has 0 aromatic heterocycles. The summed E-state index contributed by atoms with van der Waals surface area (Å²) in [7, 11) is 1.65. The lowest BCUT2D eigenvalue weighted by atomic mass is 10.1. The molecule has 0 unspecified atom stereocenters. The van der Waals surface area contributed by atoms with E-state index in [4.69, 9.17) is 14.2 Å². The van der Waals surface area contributed by atoms with Crippen molar-refractivity contribution >= 4 is 5.69 Å². The maximum absolute atomic E-state index is 5.60. The second-order valence-electron chi connectivity index (χ2n) is 4.65. The molecule has 21 heavy (non-hydrogen) atoms. The fourth-order valence-corrected chi connectivity index (χ4v) is 2.20. The lowest BCUT2D eigenvalue weighted by Crippen LogP contribution is -2.22. The molecule has 0 amide bonds. The predicted molar refractivity (Wildman–Crippen MR) is 80.9 cm³/mol. The van der Waals surface area contributed by atoms with Crippen LogP contribution >= 0.6 is 0 Å². The Morgan fingerprint density at radius 2 is 1.76 bits per heavy atom.